The van der Waals surface area contributed by atoms with Crippen molar-refractivity contribution in [2.75, 3.05) is 40.9 Å². The number of hydrogen-bond acceptors (Lipinski definition) is 6. The van der Waals surface area contributed by atoms with Crippen LogP contribution in [0.25, 0.3) is 0 Å². The van der Waals surface area contributed by atoms with Crippen LogP contribution in [0, 0.1) is 0 Å². The van der Waals surface area contributed by atoms with Gasteiger partial charge < -0.3 is 28.8 Å². The smallest absolute Gasteiger partial charge is 0.268 e. The van der Waals surface area contributed by atoms with Crippen LogP contribution in [0.1, 0.15) is 277 Å². The molecule has 466 valence electrons. The van der Waals surface area contributed by atoms with Gasteiger partial charge in [-0.15, -0.1) is 0 Å². The van der Waals surface area contributed by atoms with E-state index in [-0.39, 0.29) is 12.5 Å². The number of carbonyl (C=O) groups excluding carboxylic acids is 1. The van der Waals surface area contributed by atoms with E-state index < -0.39 is 26.6 Å². The van der Waals surface area contributed by atoms with E-state index in [0.717, 1.165) is 89.9 Å². The van der Waals surface area contributed by atoms with E-state index in [4.69, 9.17) is 9.05 Å². The van der Waals surface area contributed by atoms with Crippen LogP contribution in [0.2, 0.25) is 0 Å². The largest absolute Gasteiger partial charge is 0.756 e. The molecule has 0 aromatic carbocycles. The van der Waals surface area contributed by atoms with Crippen LogP contribution >= 0.6 is 7.82 Å². The number of rotatable bonds is 60. The van der Waals surface area contributed by atoms with Gasteiger partial charge >= 0.3 is 0 Å². The van der Waals surface area contributed by atoms with E-state index in [1.807, 2.05) is 27.2 Å². The van der Waals surface area contributed by atoms with Gasteiger partial charge in [0.25, 0.3) is 7.82 Å². The average molecular weight is 1150 g/mol. The number of allylic oxidation sites excluding steroid dienone is 19. The second-order valence-corrected chi connectivity index (χ2v) is 24.8. The first-order chi connectivity index (χ1) is 39.5. The van der Waals surface area contributed by atoms with Crippen molar-refractivity contribution in [1.82, 2.24) is 5.32 Å². The molecule has 0 aromatic rings. The van der Waals surface area contributed by atoms with Gasteiger partial charge in [-0.05, 0) is 103 Å². The van der Waals surface area contributed by atoms with E-state index >= 15 is 0 Å². The van der Waals surface area contributed by atoms with Gasteiger partial charge in [-0.1, -0.05) is 289 Å². The molecule has 0 saturated carbocycles. The number of aliphatic hydroxyl groups excluding tert-OH is 1. The molecular weight excluding hydrogens is 1020 g/mol. The lowest BCUT2D eigenvalue weighted by Gasteiger charge is -2.29. The Kier molecular flexibility index (Phi) is 59.1. The van der Waals surface area contributed by atoms with Gasteiger partial charge in [0.15, 0.2) is 0 Å². The lowest BCUT2D eigenvalue weighted by Crippen LogP contribution is -2.45. The van der Waals surface area contributed by atoms with Crippen LogP contribution in [0.4, 0.5) is 0 Å². The minimum atomic E-state index is -4.62. The summed E-state index contributed by atoms with van der Waals surface area (Å²) in [6, 6.07) is -0.915. The molecule has 0 spiro atoms. The molecule has 3 unspecified atom stereocenters. The Morgan fingerprint density at radius 2 is 0.765 bits per heavy atom. The first-order valence-electron chi connectivity index (χ1n) is 33.4. The van der Waals surface area contributed by atoms with Crippen LogP contribution < -0.4 is 10.2 Å². The molecule has 3 atom stereocenters. The molecule has 0 fully saturated rings. The van der Waals surface area contributed by atoms with E-state index in [1.165, 1.54) is 167 Å². The first-order valence-corrected chi connectivity index (χ1v) is 34.9. The fourth-order valence-corrected chi connectivity index (χ4v) is 9.95. The topological polar surface area (TPSA) is 108 Å². The number of unbranched alkanes of at least 4 members (excludes halogenated alkanes) is 29. The van der Waals surface area contributed by atoms with E-state index in [9.17, 15) is 19.4 Å². The van der Waals surface area contributed by atoms with E-state index in [2.05, 4.69) is 129 Å². The molecule has 0 radical (unpaired) electrons. The summed E-state index contributed by atoms with van der Waals surface area (Å²) in [6.07, 6.45) is 91.7. The summed E-state index contributed by atoms with van der Waals surface area (Å²) in [4.78, 5) is 25.6. The third kappa shape index (κ3) is 64.3. The first kappa shape index (κ1) is 77.9. The Bertz CT molecular complexity index is 1730. The van der Waals surface area contributed by atoms with Crippen molar-refractivity contribution in [2.45, 2.75) is 289 Å². The van der Waals surface area contributed by atoms with Gasteiger partial charge in [-0.3, -0.25) is 9.36 Å². The SMILES string of the molecule is CC/C=C\C/C=C\C/C=C\C/C=C\C/C=C\C/C=C\C/C=C\CCCCCCCCCCCCCCCCCCCCCC(=O)NC(COP(=O)([O-])OCC[N+](C)(C)C)C(O)/C=C/CC/C=C/CC/C=C/CCCCCCCCCC. The predicted octanol–water partition coefficient (Wildman–Crippen LogP) is 20.6. The normalized spacial score (nSPS) is 14.5. The molecule has 0 bridgehead atoms. The van der Waals surface area contributed by atoms with Crippen LogP contribution in [-0.2, 0) is 18.4 Å². The Hall–Kier alpha value is -3.10. The number of phosphoric ester groups is 1. The number of phosphoric acid groups is 1. The molecule has 0 aliphatic carbocycles. The van der Waals surface area contributed by atoms with Crippen molar-refractivity contribution in [2.24, 2.45) is 0 Å². The van der Waals surface area contributed by atoms with Crippen molar-refractivity contribution in [1.29, 1.82) is 0 Å². The van der Waals surface area contributed by atoms with Crippen molar-refractivity contribution in [3.05, 3.63) is 122 Å². The fourth-order valence-electron chi connectivity index (χ4n) is 9.23. The van der Waals surface area contributed by atoms with Crippen molar-refractivity contribution in [3.8, 4) is 0 Å². The summed E-state index contributed by atoms with van der Waals surface area (Å²) in [5.41, 5.74) is 0. The standard InChI is InChI=1S/C72H127N2O6P/c1-6-8-10-12-14-16-18-20-22-24-26-27-28-29-30-31-32-33-34-35-36-37-38-39-40-41-42-43-44-45-46-47-48-50-52-54-56-58-60-62-64-66-72(76)73-70(69-80-81(77,78)79-68-67-74(3,4)5)71(75)65-63-61-59-57-55-53-51-49-25-23-21-19-17-15-13-11-9-7-2/h8,10,14,16,20,22,25-27,29-30,32-33,35-36,49,55,57,63,65,70-71,75H,6-7,9,11-13,15,17-19,21,23-24,28,31,34,37-48,50-54,56,58-62,64,66-69H2,1-5H3,(H-,73,76,77,78)/b10-8-,16-14-,22-20-,27-26-,30-29-,33-32-,36-35-,49-25+,57-55+,65-63+. The van der Waals surface area contributed by atoms with Crippen LogP contribution in [0.5, 0.6) is 0 Å². The molecule has 0 heterocycles. The Balaban J connectivity index is 4.03. The molecule has 8 nitrogen and oxygen atoms in total. The number of hydrogen-bond donors (Lipinski definition) is 2. The highest BCUT2D eigenvalue weighted by Gasteiger charge is 2.23. The molecule has 1 amide bonds. The van der Waals surface area contributed by atoms with Gasteiger partial charge in [0.05, 0.1) is 39.9 Å². The maximum Gasteiger partial charge on any atom is 0.268 e. The molecular formula is C72H127N2O6P. The Morgan fingerprint density at radius 3 is 1.15 bits per heavy atom. The van der Waals surface area contributed by atoms with Crippen LogP contribution in [-0.4, -0.2) is 68.5 Å². The van der Waals surface area contributed by atoms with E-state index in [0.29, 0.717) is 17.4 Å². The Labute approximate surface area is 501 Å². The van der Waals surface area contributed by atoms with Gasteiger partial charge in [0.2, 0.25) is 5.91 Å². The molecule has 81 heavy (non-hydrogen) atoms. The quantitative estimate of drug-likeness (QED) is 0.0272. The summed E-state index contributed by atoms with van der Waals surface area (Å²) in [5.74, 6) is -0.212. The number of likely N-dealkylation sites (N-methyl/N-ethyl adjacent to an activating group) is 1. The molecule has 0 rings (SSSR count). The number of amides is 1. The summed E-state index contributed by atoms with van der Waals surface area (Å²) in [6.45, 7) is 4.51. The highest BCUT2D eigenvalue weighted by molar-refractivity contribution is 7.45. The van der Waals surface area contributed by atoms with Crippen molar-refractivity contribution >= 4 is 13.7 Å². The molecule has 2 N–H and O–H groups in total. The lowest BCUT2D eigenvalue weighted by molar-refractivity contribution is -0.870. The second-order valence-electron chi connectivity index (χ2n) is 23.4. The van der Waals surface area contributed by atoms with Gasteiger partial charge in [-0.25, -0.2) is 0 Å². The zero-order valence-electron chi connectivity index (χ0n) is 53.2. The van der Waals surface area contributed by atoms with Crippen LogP contribution in [0.15, 0.2) is 122 Å². The Morgan fingerprint density at radius 1 is 0.444 bits per heavy atom. The molecule has 0 aromatic heterocycles. The predicted molar refractivity (Wildman–Crippen MR) is 352 cm³/mol. The molecule has 0 aliphatic heterocycles. The summed E-state index contributed by atoms with van der Waals surface area (Å²) in [7, 11) is 1.23. The maximum atomic E-state index is 13.0. The van der Waals surface area contributed by atoms with Crippen LogP contribution in [0.3, 0.4) is 0 Å². The zero-order chi connectivity index (χ0) is 59.1. The second kappa shape index (κ2) is 61.5. The number of aliphatic hydroxyl groups is 1. The van der Waals surface area contributed by atoms with Crippen molar-refractivity contribution in [3.63, 3.8) is 0 Å². The summed E-state index contributed by atoms with van der Waals surface area (Å²) in [5, 5.41) is 13.9. The van der Waals surface area contributed by atoms with Gasteiger partial charge in [0.1, 0.15) is 13.2 Å². The zero-order valence-corrected chi connectivity index (χ0v) is 54.1. The fraction of sp³-hybridized carbons (Fsp3) is 0.708. The summed E-state index contributed by atoms with van der Waals surface area (Å²) < 4.78 is 23.4. The highest BCUT2D eigenvalue weighted by Crippen LogP contribution is 2.38. The number of carbonyl (C=O) groups is 1. The minimum Gasteiger partial charge on any atom is -0.756 e. The average Bonchev–Trinajstić information content (AvgIpc) is 3.43. The van der Waals surface area contributed by atoms with E-state index in [1.54, 1.807) is 6.08 Å². The van der Waals surface area contributed by atoms with Crippen molar-refractivity contribution < 1.29 is 32.9 Å². The minimum absolute atomic E-state index is 0.0121. The lowest BCUT2D eigenvalue weighted by atomic mass is 10.0. The van der Waals surface area contributed by atoms with Gasteiger partial charge in [0, 0.05) is 6.42 Å². The highest BCUT2D eigenvalue weighted by atomic mass is 31.2. The maximum absolute atomic E-state index is 13.0. The molecule has 0 saturated heterocycles. The number of nitrogens with one attached hydrogen (secondary N) is 1. The monoisotopic (exact) mass is 1150 g/mol. The third-order valence-electron chi connectivity index (χ3n) is 14.4. The third-order valence-corrected chi connectivity index (χ3v) is 15.3. The number of nitrogens with zero attached hydrogens (tertiary/aromatic N) is 1. The molecule has 0 aliphatic rings. The summed E-state index contributed by atoms with van der Waals surface area (Å²) >= 11 is 0. The number of quaternary nitrogens is 1. The molecule has 9 heteroatoms. The van der Waals surface area contributed by atoms with Gasteiger partial charge in [-0.2, -0.15) is 0 Å².